The van der Waals surface area contributed by atoms with E-state index in [9.17, 15) is 13.2 Å². The van der Waals surface area contributed by atoms with Gasteiger partial charge in [0.25, 0.3) is 0 Å². The Hall–Kier alpha value is -2.69. The molecule has 0 spiro atoms. The van der Waals surface area contributed by atoms with Gasteiger partial charge in [-0.15, -0.1) is 0 Å². The fourth-order valence-electron chi connectivity index (χ4n) is 3.30. The molecule has 0 bridgehead atoms. The Morgan fingerprint density at radius 1 is 1.03 bits per heavy atom. The van der Waals surface area contributed by atoms with Gasteiger partial charge in [-0.25, -0.2) is 4.39 Å². The van der Waals surface area contributed by atoms with Crippen molar-refractivity contribution in [2.24, 2.45) is 0 Å². The third kappa shape index (κ3) is 5.03. The summed E-state index contributed by atoms with van der Waals surface area (Å²) in [5, 5.41) is 0. The molecule has 0 saturated heterocycles. The third-order valence-corrected chi connectivity index (χ3v) is 4.81. The van der Waals surface area contributed by atoms with Crippen molar-refractivity contribution in [3.05, 3.63) is 82.4 Å². The van der Waals surface area contributed by atoms with Crippen LogP contribution in [0.5, 0.6) is 5.75 Å². The summed E-state index contributed by atoms with van der Waals surface area (Å²) >= 11 is 0. The van der Waals surface area contributed by atoms with E-state index >= 15 is 0 Å². The van der Waals surface area contributed by atoms with Crippen molar-refractivity contribution in [2.75, 3.05) is 6.61 Å². The molecule has 0 atom stereocenters. The lowest BCUT2D eigenvalue weighted by molar-refractivity contribution is -0.228. The summed E-state index contributed by atoms with van der Waals surface area (Å²) in [6.45, 7) is 4.30. The highest BCUT2D eigenvalue weighted by molar-refractivity contribution is 5.60. The van der Waals surface area contributed by atoms with Crippen LogP contribution in [-0.2, 0) is 23.7 Å². The van der Waals surface area contributed by atoms with Gasteiger partial charge in [0.05, 0.1) is 0 Å². The molecule has 1 heterocycles. The SMILES string of the molecule is C/C=C/COc1ccc(CCc2ccc3c(c2F)C(F)(F)OC(CCC)=C3)cc1. The van der Waals surface area contributed by atoms with Crippen LogP contribution in [-0.4, -0.2) is 6.61 Å². The van der Waals surface area contributed by atoms with E-state index in [0.29, 0.717) is 32.3 Å². The first-order chi connectivity index (χ1) is 13.9. The zero-order chi connectivity index (χ0) is 20.9. The highest BCUT2D eigenvalue weighted by Gasteiger charge is 2.43. The van der Waals surface area contributed by atoms with E-state index in [-0.39, 0.29) is 16.9 Å². The van der Waals surface area contributed by atoms with E-state index in [0.717, 1.165) is 11.3 Å². The Kier molecular flexibility index (Phi) is 6.68. The lowest BCUT2D eigenvalue weighted by Crippen LogP contribution is -2.25. The number of alkyl halides is 2. The van der Waals surface area contributed by atoms with Crippen molar-refractivity contribution in [1.29, 1.82) is 0 Å². The number of hydrogen-bond donors (Lipinski definition) is 0. The van der Waals surface area contributed by atoms with Crippen LogP contribution in [0.2, 0.25) is 0 Å². The normalized spacial score (nSPS) is 15.0. The maximum Gasteiger partial charge on any atom is 0.429 e. The van der Waals surface area contributed by atoms with E-state index in [1.54, 1.807) is 12.1 Å². The fourth-order valence-corrected chi connectivity index (χ4v) is 3.30. The van der Waals surface area contributed by atoms with Crippen LogP contribution < -0.4 is 4.74 Å². The van der Waals surface area contributed by atoms with Gasteiger partial charge in [0.15, 0.2) is 0 Å². The molecule has 2 aromatic carbocycles. The predicted molar refractivity (Wildman–Crippen MR) is 108 cm³/mol. The summed E-state index contributed by atoms with van der Waals surface area (Å²) in [4.78, 5) is 0. The van der Waals surface area contributed by atoms with E-state index < -0.39 is 17.5 Å². The summed E-state index contributed by atoms with van der Waals surface area (Å²) in [5.74, 6) is 0.0535. The van der Waals surface area contributed by atoms with Crippen molar-refractivity contribution >= 4 is 6.08 Å². The van der Waals surface area contributed by atoms with Crippen LogP contribution >= 0.6 is 0 Å². The molecule has 2 aromatic rings. The molecule has 3 rings (SSSR count). The van der Waals surface area contributed by atoms with E-state index in [4.69, 9.17) is 9.47 Å². The molecule has 0 unspecified atom stereocenters. The van der Waals surface area contributed by atoms with Crippen LogP contribution in [0.25, 0.3) is 6.08 Å². The van der Waals surface area contributed by atoms with Crippen molar-refractivity contribution < 1.29 is 22.6 Å². The van der Waals surface area contributed by atoms with E-state index in [2.05, 4.69) is 0 Å². The molecule has 0 fully saturated rings. The minimum Gasteiger partial charge on any atom is -0.490 e. The average Bonchev–Trinajstić information content (AvgIpc) is 2.68. The Bertz CT molecular complexity index is 899. The maximum atomic E-state index is 14.9. The van der Waals surface area contributed by atoms with E-state index in [1.165, 1.54) is 6.08 Å². The molecule has 5 heteroatoms. The minimum absolute atomic E-state index is 0.189. The number of aryl methyl sites for hydroxylation is 2. The Morgan fingerprint density at radius 3 is 2.48 bits per heavy atom. The van der Waals surface area contributed by atoms with Gasteiger partial charge >= 0.3 is 6.11 Å². The molecule has 1 aliphatic heterocycles. The highest BCUT2D eigenvalue weighted by atomic mass is 19.3. The lowest BCUT2D eigenvalue weighted by Gasteiger charge is -2.27. The second-order valence-electron chi connectivity index (χ2n) is 7.01. The van der Waals surface area contributed by atoms with Crippen LogP contribution in [0.3, 0.4) is 0 Å². The summed E-state index contributed by atoms with van der Waals surface area (Å²) < 4.78 is 54.0. The van der Waals surface area contributed by atoms with Gasteiger partial charge in [-0.05, 0) is 61.1 Å². The maximum absolute atomic E-state index is 14.9. The van der Waals surface area contributed by atoms with Crippen LogP contribution in [0, 0.1) is 5.82 Å². The molecular weight excluding hydrogens is 377 g/mol. The van der Waals surface area contributed by atoms with Gasteiger partial charge in [-0.1, -0.05) is 43.3 Å². The molecular formula is C24H25F3O2. The molecule has 0 aromatic heterocycles. The monoisotopic (exact) mass is 402 g/mol. The Labute approximate surface area is 169 Å². The molecule has 29 heavy (non-hydrogen) atoms. The number of hydrogen-bond acceptors (Lipinski definition) is 2. The zero-order valence-corrected chi connectivity index (χ0v) is 16.7. The first-order valence-electron chi connectivity index (χ1n) is 9.86. The minimum atomic E-state index is -3.65. The van der Waals surface area contributed by atoms with Crippen LogP contribution in [0.1, 0.15) is 48.9 Å². The molecule has 0 aliphatic carbocycles. The van der Waals surface area contributed by atoms with Gasteiger partial charge < -0.3 is 9.47 Å². The molecule has 0 saturated carbocycles. The molecule has 0 N–H and O–H groups in total. The quantitative estimate of drug-likeness (QED) is 0.453. The number of ether oxygens (including phenoxy) is 2. The summed E-state index contributed by atoms with van der Waals surface area (Å²) in [6.07, 6.45) is 3.61. The highest BCUT2D eigenvalue weighted by Crippen LogP contribution is 2.42. The average molecular weight is 402 g/mol. The number of benzene rings is 2. The summed E-state index contributed by atoms with van der Waals surface area (Å²) in [6, 6.07) is 10.6. The number of allylic oxidation sites excluding steroid dienone is 2. The second-order valence-corrected chi connectivity index (χ2v) is 7.01. The fraction of sp³-hybridized carbons (Fsp3) is 0.333. The van der Waals surface area contributed by atoms with Gasteiger partial charge in [0.2, 0.25) is 0 Å². The molecule has 1 aliphatic rings. The molecule has 154 valence electrons. The van der Waals surface area contributed by atoms with Crippen molar-refractivity contribution in [3.63, 3.8) is 0 Å². The van der Waals surface area contributed by atoms with Gasteiger partial charge in [0, 0.05) is 6.42 Å². The second kappa shape index (κ2) is 9.21. The van der Waals surface area contributed by atoms with Crippen molar-refractivity contribution in [1.82, 2.24) is 0 Å². The molecule has 2 nitrogen and oxygen atoms in total. The predicted octanol–water partition coefficient (Wildman–Crippen LogP) is 6.79. The first kappa shape index (κ1) is 21.0. The third-order valence-electron chi connectivity index (χ3n) is 4.81. The standard InChI is InChI=1S/C24H25F3O2/c1-3-5-15-28-20-13-8-17(9-14-20)7-10-18-11-12-19-16-21(6-4-2)29-24(26,27)22(19)23(18)25/h3,5,8-9,11-14,16H,4,6-7,10,15H2,1-2H3/b5-3+. The largest absolute Gasteiger partial charge is 0.490 e. The van der Waals surface area contributed by atoms with Crippen molar-refractivity contribution in [2.45, 2.75) is 45.6 Å². The first-order valence-corrected chi connectivity index (χ1v) is 9.86. The smallest absolute Gasteiger partial charge is 0.429 e. The van der Waals surface area contributed by atoms with Crippen LogP contribution in [0.4, 0.5) is 13.2 Å². The van der Waals surface area contributed by atoms with Gasteiger partial charge in [0.1, 0.15) is 29.5 Å². The van der Waals surface area contributed by atoms with Crippen molar-refractivity contribution in [3.8, 4) is 5.75 Å². The zero-order valence-electron chi connectivity index (χ0n) is 16.7. The summed E-state index contributed by atoms with van der Waals surface area (Å²) in [5.41, 5.74) is 0.762. The lowest BCUT2D eigenvalue weighted by atomic mass is 9.95. The summed E-state index contributed by atoms with van der Waals surface area (Å²) in [7, 11) is 0. The molecule has 0 amide bonds. The number of fused-ring (bicyclic) bond motifs is 1. The van der Waals surface area contributed by atoms with Gasteiger partial charge in [-0.3, -0.25) is 0 Å². The van der Waals surface area contributed by atoms with Crippen LogP contribution in [0.15, 0.2) is 54.3 Å². The number of halogens is 3. The molecule has 0 radical (unpaired) electrons. The Morgan fingerprint density at radius 2 is 1.79 bits per heavy atom. The van der Waals surface area contributed by atoms with Gasteiger partial charge in [-0.2, -0.15) is 8.78 Å². The Balaban J connectivity index is 1.73. The topological polar surface area (TPSA) is 18.5 Å². The number of rotatable bonds is 8. The van der Waals surface area contributed by atoms with E-state index in [1.807, 2.05) is 50.3 Å².